The minimum atomic E-state index is -1.02. The minimum Gasteiger partial charge on any atom is -0.481 e. The summed E-state index contributed by atoms with van der Waals surface area (Å²) in [6.45, 7) is 3.22. The Kier molecular flexibility index (Phi) is 3.85. The standard InChI is InChI=1S/C11H13FN2O4/c1-11(2,6-10(15)16)13-8-3-7(12)4-9(5-8)14(17)18/h3-5,13H,6H2,1-2H3,(H,15,16). The molecule has 0 aromatic heterocycles. The first kappa shape index (κ1) is 13.9. The van der Waals surface area contributed by atoms with Crippen LogP contribution in [0.4, 0.5) is 15.8 Å². The van der Waals surface area contributed by atoms with E-state index in [1.165, 1.54) is 0 Å². The van der Waals surface area contributed by atoms with Crippen molar-refractivity contribution in [2.45, 2.75) is 25.8 Å². The lowest BCUT2D eigenvalue weighted by atomic mass is 10.0. The predicted octanol–water partition coefficient (Wildman–Crippen LogP) is 2.40. The first-order valence-corrected chi connectivity index (χ1v) is 5.14. The van der Waals surface area contributed by atoms with Crippen molar-refractivity contribution < 1.29 is 19.2 Å². The average molecular weight is 256 g/mol. The summed E-state index contributed by atoms with van der Waals surface area (Å²) in [6.07, 6.45) is -0.197. The van der Waals surface area contributed by atoms with Crippen molar-refractivity contribution in [3.05, 3.63) is 34.1 Å². The number of hydrogen-bond donors (Lipinski definition) is 2. The first-order chi connectivity index (χ1) is 8.19. The molecule has 0 aliphatic rings. The van der Waals surface area contributed by atoms with E-state index < -0.39 is 22.2 Å². The summed E-state index contributed by atoms with van der Waals surface area (Å²) in [5, 5.41) is 22.0. The Bertz CT molecular complexity index is 488. The second kappa shape index (κ2) is 4.99. The molecule has 0 aliphatic heterocycles. The molecular formula is C11H13FN2O4. The van der Waals surface area contributed by atoms with E-state index in [0.29, 0.717) is 0 Å². The van der Waals surface area contributed by atoms with Gasteiger partial charge in [-0.25, -0.2) is 4.39 Å². The van der Waals surface area contributed by atoms with Crippen molar-refractivity contribution in [1.29, 1.82) is 0 Å². The number of anilines is 1. The molecule has 6 nitrogen and oxygen atoms in total. The first-order valence-electron chi connectivity index (χ1n) is 5.14. The van der Waals surface area contributed by atoms with Crippen molar-refractivity contribution in [1.82, 2.24) is 0 Å². The maximum absolute atomic E-state index is 13.2. The number of hydrogen-bond acceptors (Lipinski definition) is 4. The largest absolute Gasteiger partial charge is 0.481 e. The molecule has 0 atom stereocenters. The normalized spacial score (nSPS) is 11.1. The number of nitrogens with zero attached hydrogens (tertiary/aromatic N) is 1. The van der Waals surface area contributed by atoms with Crippen LogP contribution in [0.25, 0.3) is 0 Å². The Hall–Kier alpha value is -2.18. The molecule has 1 aromatic rings. The number of nitro groups is 1. The summed E-state index contributed by atoms with van der Waals surface area (Å²) < 4.78 is 13.2. The Morgan fingerprint density at radius 1 is 1.50 bits per heavy atom. The van der Waals surface area contributed by atoms with E-state index in [2.05, 4.69) is 5.32 Å². The number of benzene rings is 1. The van der Waals surface area contributed by atoms with Gasteiger partial charge in [0, 0.05) is 17.3 Å². The van der Waals surface area contributed by atoms with Crippen molar-refractivity contribution in [2.75, 3.05) is 5.32 Å². The number of nitrogens with one attached hydrogen (secondary N) is 1. The highest BCUT2D eigenvalue weighted by molar-refractivity contribution is 5.69. The van der Waals surface area contributed by atoms with Gasteiger partial charge >= 0.3 is 5.97 Å². The molecule has 0 saturated carbocycles. The van der Waals surface area contributed by atoms with Crippen molar-refractivity contribution in [3.63, 3.8) is 0 Å². The fourth-order valence-corrected chi connectivity index (χ4v) is 1.56. The van der Waals surface area contributed by atoms with Crippen LogP contribution in [0, 0.1) is 15.9 Å². The SMILES string of the molecule is CC(C)(CC(=O)O)Nc1cc(F)cc([N+](=O)[O-])c1. The number of halogens is 1. The molecule has 0 bridgehead atoms. The Labute approximate surface area is 103 Å². The van der Waals surface area contributed by atoms with E-state index in [1.807, 2.05) is 0 Å². The zero-order valence-corrected chi connectivity index (χ0v) is 9.94. The van der Waals surface area contributed by atoms with Crippen molar-refractivity contribution in [2.24, 2.45) is 0 Å². The van der Waals surface area contributed by atoms with Gasteiger partial charge in [0.1, 0.15) is 5.82 Å². The number of carboxylic acids is 1. The molecule has 0 radical (unpaired) electrons. The highest BCUT2D eigenvalue weighted by atomic mass is 19.1. The van der Waals surface area contributed by atoms with Crippen LogP contribution in [0.15, 0.2) is 18.2 Å². The maximum atomic E-state index is 13.2. The molecule has 0 spiro atoms. The van der Waals surface area contributed by atoms with Gasteiger partial charge in [-0.15, -0.1) is 0 Å². The van der Waals surface area contributed by atoms with Crippen LogP contribution in [0.3, 0.4) is 0 Å². The van der Waals surface area contributed by atoms with Gasteiger partial charge in [0.25, 0.3) is 5.69 Å². The molecule has 0 unspecified atom stereocenters. The van der Waals surface area contributed by atoms with Gasteiger partial charge in [-0.1, -0.05) is 0 Å². The minimum absolute atomic E-state index is 0.174. The quantitative estimate of drug-likeness (QED) is 0.623. The summed E-state index contributed by atoms with van der Waals surface area (Å²) in [7, 11) is 0. The fourth-order valence-electron chi connectivity index (χ4n) is 1.56. The second-order valence-electron chi connectivity index (χ2n) is 4.53. The third-order valence-electron chi connectivity index (χ3n) is 2.17. The molecule has 1 aromatic carbocycles. The topological polar surface area (TPSA) is 92.5 Å². The molecule has 0 fully saturated rings. The van der Waals surface area contributed by atoms with Crippen LogP contribution < -0.4 is 5.32 Å². The molecule has 7 heteroatoms. The molecule has 0 aliphatic carbocycles. The zero-order valence-electron chi connectivity index (χ0n) is 9.94. The van der Waals surface area contributed by atoms with Gasteiger partial charge in [0.05, 0.1) is 17.4 Å². The maximum Gasteiger partial charge on any atom is 0.305 e. The van der Waals surface area contributed by atoms with Gasteiger partial charge in [-0.05, 0) is 19.9 Å². The molecule has 0 heterocycles. The van der Waals surface area contributed by atoms with Gasteiger partial charge in [0.2, 0.25) is 0 Å². The molecule has 0 saturated heterocycles. The number of rotatable bonds is 5. The van der Waals surface area contributed by atoms with Crippen LogP contribution in [0.1, 0.15) is 20.3 Å². The third kappa shape index (κ3) is 4.00. The van der Waals surface area contributed by atoms with Crippen LogP contribution in [-0.2, 0) is 4.79 Å². The van der Waals surface area contributed by atoms with Crippen LogP contribution in [0.5, 0.6) is 0 Å². The third-order valence-corrected chi connectivity index (χ3v) is 2.17. The molecule has 18 heavy (non-hydrogen) atoms. The van der Waals surface area contributed by atoms with Crippen LogP contribution in [-0.4, -0.2) is 21.5 Å². The van der Waals surface area contributed by atoms with E-state index >= 15 is 0 Å². The van der Waals surface area contributed by atoms with Gasteiger partial charge < -0.3 is 10.4 Å². The van der Waals surface area contributed by atoms with Crippen molar-refractivity contribution >= 4 is 17.3 Å². The lowest BCUT2D eigenvalue weighted by Gasteiger charge is -2.25. The Morgan fingerprint density at radius 3 is 2.61 bits per heavy atom. The number of aliphatic carboxylic acids is 1. The van der Waals surface area contributed by atoms with E-state index in [0.717, 1.165) is 18.2 Å². The number of non-ortho nitro benzene ring substituents is 1. The second-order valence-corrected chi connectivity index (χ2v) is 4.53. The van der Waals surface area contributed by atoms with Gasteiger partial charge in [-0.2, -0.15) is 0 Å². The molecular weight excluding hydrogens is 243 g/mol. The fraction of sp³-hybridized carbons (Fsp3) is 0.364. The molecule has 1 rings (SSSR count). The number of carboxylic acid groups (broad SMARTS) is 1. The van der Waals surface area contributed by atoms with Crippen LogP contribution >= 0.6 is 0 Å². The summed E-state index contributed by atoms with van der Waals surface area (Å²) in [5.41, 5.74) is -1.05. The molecule has 2 N–H and O–H groups in total. The molecule has 98 valence electrons. The van der Waals surface area contributed by atoms with Gasteiger partial charge in [-0.3, -0.25) is 14.9 Å². The summed E-state index contributed by atoms with van der Waals surface area (Å²) >= 11 is 0. The predicted molar refractivity (Wildman–Crippen MR) is 63.0 cm³/mol. The molecule has 0 amide bonds. The smallest absolute Gasteiger partial charge is 0.305 e. The summed E-state index contributed by atoms with van der Waals surface area (Å²) in [6, 6.07) is 3.04. The highest BCUT2D eigenvalue weighted by Gasteiger charge is 2.22. The van der Waals surface area contributed by atoms with Crippen molar-refractivity contribution in [3.8, 4) is 0 Å². The monoisotopic (exact) mass is 256 g/mol. The van der Waals surface area contributed by atoms with E-state index in [4.69, 9.17) is 5.11 Å². The Morgan fingerprint density at radius 2 is 2.11 bits per heavy atom. The van der Waals surface area contributed by atoms with E-state index in [9.17, 15) is 19.3 Å². The lowest BCUT2D eigenvalue weighted by Crippen LogP contribution is -2.33. The lowest BCUT2D eigenvalue weighted by molar-refractivity contribution is -0.385. The highest BCUT2D eigenvalue weighted by Crippen LogP contribution is 2.24. The number of nitro benzene ring substituents is 1. The number of carbonyl (C=O) groups is 1. The van der Waals surface area contributed by atoms with E-state index in [-0.39, 0.29) is 17.8 Å². The summed E-state index contributed by atoms with van der Waals surface area (Å²) in [4.78, 5) is 20.5. The summed E-state index contributed by atoms with van der Waals surface area (Å²) in [5.74, 6) is -1.77. The average Bonchev–Trinajstić information content (AvgIpc) is 2.12. The van der Waals surface area contributed by atoms with E-state index in [1.54, 1.807) is 13.8 Å². The van der Waals surface area contributed by atoms with Gasteiger partial charge in [0.15, 0.2) is 0 Å². The Balaban J connectivity index is 2.97. The van der Waals surface area contributed by atoms with Crippen LogP contribution in [0.2, 0.25) is 0 Å². The zero-order chi connectivity index (χ0) is 13.9.